The van der Waals surface area contributed by atoms with E-state index in [1.165, 1.54) is 33.1 Å². The Morgan fingerprint density at radius 1 is 0.875 bits per heavy atom. The molecular weight excluding hydrogens is 512 g/mol. The molecule has 1 atom stereocenters. The number of aliphatic hydroxyl groups excluding tert-OH is 1. The van der Waals surface area contributed by atoms with Crippen molar-refractivity contribution in [1.29, 1.82) is 0 Å². The van der Waals surface area contributed by atoms with Crippen LogP contribution in [0.1, 0.15) is 0 Å². The molecule has 0 spiro atoms. The summed E-state index contributed by atoms with van der Waals surface area (Å²) in [6.45, 7) is 4.22. The number of benzene rings is 3. The first kappa shape index (κ1) is 27.4. The van der Waals surface area contributed by atoms with E-state index in [-0.39, 0.29) is 12.0 Å². The van der Waals surface area contributed by atoms with Gasteiger partial charge in [0, 0.05) is 56.1 Å². The Labute approximate surface area is 233 Å². The van der Waals surface area contributed by atoms with Crippen molar-refractivity contribution in [1.82, 2.24) is 4.90 Å². The quantitative estimate of drug-likeness (QED) is 0.316. The summed E-state index contributed by atoms with van der Waals surface area (Å²) in [7, 11) is 4.58. The SMILES string of the molecule is COc1cc(-c2cc(=O)c3ccc(OCC(O)CN4CCN(c5ccccc5)CC4)cc3o2)cc(OC)c1OC. The Bertz CT molecular complexity index is 1470. The lowest BCUT2D eigenvalue weighted by atomic mass is 10.1. The number of β-amino-alcohol motifs (C(OH)–C–C–N with tert-alkyl or cyclic N) is 1. The van der Waals surface area contributed by atoms with Crippen LogP contribution < -0.4 is 29.3 Å². The molecule has 0 aliphatic carbocycles. The van der Waals surface area contributed by atoms with Crippen LogP contribution in [-0.2, 0) is 0 Å². The Morgan fingerprint density at radius 2 is 1.57 bits per heavy atom. The van der Waals surface area contributed by atoms with Gasteiger partial charge in [0.25, 0.3) is 0 Å². The molecule has 0 amide bonds. The molecule has 9 nitrogen and oxygen atoms in total. The third-order valence-corrected chi connectivity index (χ3v) is 7.05. The minimum absolute atomic E-state index is 0.126. The molecule has 1 unspecified atom stereocenters. The highest BCUT2D eigenvalue weighted by Gasteiger charge is 2.20. The van der Waals surface area contributed by atoms with Gasteiger partial charge in [-0.05, 0) is 36.4 Å². The maximum absolute atomic E-state index is 12.9. The van der Waals surface area contributed by atoms with Crippen LogP contribution in [0.25, 0.3) is 22.3 Å². The second-order valence-corrected chi connectivity index (χ2v) is 9.63. The van der Waals surface area contributed by atoms with E-state index >= 15 is 0 Å². The normalized spacial score (nSPS) is 14.7. The molecule has 2 heterocycles. The number of rotatable bonds is 10. The van der Waals surface area contributed by atoms with E-state index in [2.05, 4.69) is 34.1 Å². The number of methoxy groups -OCH3 is 3. The predicted molar refractivity (Wildman–Crippen MR) is 154 cm³/mol. The number of fused-ring (bicyclic) bond motifs is 1. The smallest absolute Gasteiger partial charge is 0.203 e. The van der Waals surface area contributed by atoms with Gasteiger partial charge < -0.3 is 33.4 Å². The molecule has 1 saturated heterocycles. The molecular formula is C31H34N2O7. The summed E-state index contributed by atoms with van der Waals surface area (Å²) in [6, 6.07) is 20.3. The number of hydrogen-bond donors (Lipinski definition) is 1. The molecule has 9 heteroatoms. The van der Waals surface area contributed by atoms with E-state index < -0.39 is 6.10 Å². The molecule has 3 aromatic carbocycles. The molecule has 1 aliphatic heterocycles. The van der Waals surface area contributed by atoms with Crippen molar-refractivity contribution in [2.24, 2.45) is 0 Å². The fourth-order valence-electron chi connectivity index (χ4n) is 4.96. The molecule has 4 aromatic rings. The van der Waals surface area contributed by atoms with E-state index in [1.54, 1.807) is 30.3 Å². The van der Waals surface area contributed by atoms with Gasteiger partial charge in [0.15, 0.2) is 16.9 Å². The summed E-state index contributed by atoms with van der Waals surface area (Å²) in [5.41, 5.74) is 2.01. The van der Waals surface area contributed by atoms with Crippen molar-refractivity contribution < 1.29 is 28.5 Å². The maximum Gasteiger partial charge on any atom is 0.203 e. The fourth-order valence-corrected chi connectivity index (χ4v) is 4.96. The van der Waals surface area contributed by atoms with Gasteiger partial charge in [0.05, 0.1) is 26.7 Å². The van der Waals surface area contributed by atoms with Crippen LogP contribution in [0.3, 0.4) is 0 Å². The molecule has 210 valence electrons. The van der Waals surface area contributed by atoms with E-state index in [1.807, 2.05) is 6.07 Å². The molecule has 0 saturated carbocycles. The van der Waals surface area contributed by atoms with Crippen LogP contribution >= 0.6 is 0 Å². The molecule has 1 fully saturated rings. The van der Waals surface area contributed by atoms with Gasteiger partial charge in [-0.2, -0.15) is 0 Å². The molecule has 1 aliphatic rings. The molecule has 5 rings (SSSR count). The number of hydrogen-bond acceptors (Lipinski definition) is 9. The standard InChI is InChI=1S/C31H34N2O7/c1-36-29-15-21(16-30(37-2)31(29)38-3)27-18-26(35)25-10-9-24(17-28(25)40-27)39-20-23(34)19-32-11-13-33(14-12-32)22-7-5-4-6-8-22/h4-10,15-18,23,34H,11-14,19-20H2,1-3H3. The lowest BCUT2D eigenvalue weighted by Gasteiger charge is -2.36. The molecule has 1 N–H and O–H groups in total. The Balaban J connectivity index is 1.25. The maximum atomic E-state index is 12.9. The van der Waals surface area contributed by atoms with Gasteiger partial charge in [-0.25, -0.2) is 0 Å². The summed E-state index contributed by atoms with van der Waals surface area (Å²) in [6.07, 6.45) is -0.656. The minimum Gasteiger partial charge on any atom is -0.493 e. The summed E-state index contributed by atoms with van der Waals surface area (Å²) < 4.78 is 28.3. The van der Waals surface area contributed by atoms with E-state index in [9.17, 15) is 9.90 Å². The zero-order valence-corrected chi connectivity index (χ0v) is 23.0. The van der Waals surface area contributed by atoms with Crippen LogP contribution in [0.2, 0.25) is 0 Å². The first-order valence-corrected chi connectivity index (χ1v) is 13.2. The highest BCUT2D eigenvalue weighted by Crippen LogP contribution is 2.41. The highest BCUT2D eigenvalue weighted by molar-refractivity contribution is 5.80. The average molecular weight is 547 g/mol. The van der Waals surface area contributed by atoms with E-state index in [4.69, 9.17) is 23.4 Å². The lowest BCUT2D eigenvalue weighted by molar-refractivity contribution is 0.0663. The number of para-hydroxylation sites is 1. The van der Waals surface area contributed by atoms with Crippen molar-refractivity contribution in [2.75, 3.05) is 65.6 Å². The van der Waals surface area contributed by atoms with Crippen LogP contribution in [0.15, 0.2) is 75.9 Å². The van der Waals surface area contributed by atoms with Gasteiger partial charge in [0.2, 0.25) is 5.75 Å². The Hall–Kier alpha value is -4.21. The van der Waals surface area contributed by atoms with E-state index in [0.717, 1.165) is 26.2 Å². The summed E-state index contributed by atoms with van der Waals surface area (Å²) >= 11 is 0. The van der Waals surface area contributed by atoms with Crippen molar-refractivity contribution >= 4 is 16.7 Å². The van der Waals surface area contributed by atoms with Crippen molar-refractivity contribution in [3.63, 3.8) is 0 Å². The molecule has 0 bridgehead atoms. The third-order valence-electron chi connectivity index (χ3n) is 7.05. The summed E-state index contributed by atoms with van der Waals surface area (Å²) in [5.74, 6) is 2.21. The zero-order chi connectivity index (χ0) is 28.1. The number of aliphatic hydroxyl groups is 1. The van der Waals surface area contributed by atoms with Crippen LogP contribution in [0.5, 0.6) is 23.0 Å². The van der Waals surface area contributed by atoms with Crippen molar-refractivity contribution in [2.45, 2.75) is 6.10 Å². The van der Waals surface area contributed by atoms with Crippen LogP contribution in [0.4, 0.5) is 5.69 Å². The van der Waals surface area contributed by atoms with E-state index in [0.29, 0.717) is 51.8 Å². The number of piperazine rings is 1. The number of ether oxygens (including phenoxy) is 4. The average Bonchev–Trinajstić information content (AvgIpc) is 2.99. The fraction of sp³-hybridized carbons (Fsp3) is 0.323. The van der Waals surface area contributed by atoms with Gasteiger partial charge in [-0.1, -0.05) is 18.2 Å². The van der Waals surface area contributed by atoms with Crippen LogP contribution in [-0.4, -0.2) is 76.8 Å². The van der Waals surface area contributed by atoms with Gasteiger partial charge in [-0.15, -0.1) is 0 Å². The minimum atomic E-state index is -0.656. The first-order valence-electron chi connectivity index (χ1n) is 13.2. The van der Waals surface area contributed by atoms with Crippen LogP contribution in [0, 0.1) is 0 Å². The van der Waals surface area contributed by atoms with Gasteiger partial charge in [0.1, 0.15) is 29.8 Å². The number of nitrogens with zero attached hydrogens (tertiary/aromatic N) is 2. The lowest BCUT2D eigenvalue weighted by Crippen LogP contribution is -2.49. The highest BCUT2D eigenvalue weighted by atomic mass is 16.5. The second-order valence-electron chi connectivity index (χ2n) is 9.63. The monoisotopic (exact) mass is 546 g/mol. The Kier molecular flexibility index (Phi) is 8.42. The first-order chi connectivity index (χ1) is 19.5. The summed E-state index contributed by atoms with van der Waals surface area (Å²) in [4.78, 5) is 17.5. The second kappa shape index (κ2) is 12.3. The van der Waals surface area contributed by atoms with Crippen molar-refractivity contribution in [3.05, 3.63) is 77.0 Å². The van der Waals surface area contributed by atoms with Gasteiger partial charge in [-0.3, -0.25) is 9.69 Å². The molecule has 1 aromatic heterocycles. The predicted octanol–water partition coefficient (Wildman–Crippen LogP) is 4.05. The third kappa shape index (κ3) is 6.00. The summed E-state index contributed by atoms with van der Waals surface area (Å²) in [5, 5.41) is 11.1. The topological polar surface area (TPSA) is 93.8 Å². The number of anilines is 1. The van der Waals surface area contributed by atoms with Crippen molar-refractivity contribution in [3.8, 4) is 34.3 Å². The molecule has 40 heavy (non-hydrogen) atoms. The Morgan fingerprint density at radius 3 is 2.23 bits per heavy atom. The zero-order valence-electron chi connectivity index (χ0n) is 23.0. The molecule has 0 radical (unpaired) electrons. The largest absolute Gasteiger partial charge is 0.493 e. The van der Waals surface area contributed by atoms with Gasteiger partial charge >= 0.3 is 0 Å².